The van der Waals surface area contributed by atoms with Gasteiger partial charge in [0, 0.05) is 6.54 Å². The Kier molecular flexibility index (Phi) is 3.77. The zero-order chi connectivity index (χ0) is 9.68. The summed E-state index contributed by atoms with van der Waals surface area (Å²) < 4.78 is 5.46. The monoisotopic (exact) mass is 179 g/mol. The summed E-state index contributed by atoms with van der Waals surface area (Å²) in [7, 11) is 1.96. The average molecular weight is 179 g/mol. The van der Waals surface area contributed by atoms with Gasteiger partial charge in [-0.25, -0.2) is 0 Å². The Labute approximate surface area is 79.6 Å². The van der Waals surface area contributed by atoms with Crippen LogP contribution in [-0.4, -0.2) is 13.6 Å². The largest absolute Gasteiger partial charge is 0.462 e. The van der Waals surface area contributed by atoms with Crippen molar-refractivity contribution in [3.8, 4) is 0 Å². The number of rotatable bonds is 4. The molecule has 72 valence electrons. The normalized spacial score (nSPS) is 12.1. The molecule has 1 heterocycles. The van der Waals surface area contributed by atoms with Gasteiger partial charge in [-0.15, -0.1) is 0 Å². The molecule has 0 spiro atoms. The molecule has 0 unspecified atom stereocenters. The first-order valence-corrected chi connectivity index (χ1v) is 4.66. The van der Waals surface area contributed by atoms with Gasteiger partial charge < -0.3 is 9.73 Å². The summed E-state index contributed by atoms with van der Waals surface area (Å²) in [5.41, 5.74) is 1.36. The molecule has 0 aliphatic rings. The molecule has 0 bridgehead atoms. The standard InChI is InChI=1S/C11H17NO/c1-4-10(8-12-3)7-11-6-5-9(2)13-11/h5-7,12H,4,8H2,1-3H3. The molecule has 2 heteroatoms. The van der Waals surface area contributed by atoms with E-state index in [1.807, 2.05) is 26.1 Å². The smallest absolute Gasteiger partial charge is 0.127 e. The van der Waals surface area contributed by atoms with Crippen molar-refractivity contribution in [3.05, 3.63) is 29.2 Å². The van der Waals surface area contributed by atoms with Crippen LogP contribution < -0.4 is 5.32 Å². The molecule has 1 aromatic rings. The Bertz CT molecular complexity index is 286. The summed E-state index contributed by atoms with van der Waals surface area (Å²) in [6.07, 6.45) is 3.16. The number of aryl methyl sites for hydroxylation is 1. The molecule has 0 aliphatic carbocycles. The molecule has 0 saturated carbocycles. The van der Waals surface area contributed by atoms with Crippen molar-refractivity contribution >= 4 is 6.08 Å². The molecular formula is C11H17NO. The summed E-state index contributed by atoms with van der Waals surface area (Å²) in [4.78, 5) is 0. The molecule has 0 amide bonds. The highest BCUT2D eigenvalue weighted by atomic mass is 16.3. The Morgan fingerprint density at radius 3 is 2.77 bits per heavy atom. The second-order valence-electron chi connectivity index (χ2n) is 3.13. The lowest BCUT2D eigenvalue weighted by molar-refractivity contribution is 0.524. The molecule has 0 radical (unpaired) electrons. The zero-order valence-electron chi connectivity index (χ0n) is 8.55. The second kappa shape index (κ2) is 4.87. The SMILES string of the molecule is CCC(=Cc1ccc(C)o1)CNC. The molecule has 0 saturated heterocycles. The van der Waals surface area contributed by atoms with Gasteiger partial charge in [-0.1, -0.05) is 12.5 Å². The highest BCUT2D eigenvalue weighted by molar-refractivity contribution is 5.48. The van der Waals surface area contributed by atoms with Crippen molar-refractivity contribution in [2.24, 2.45) is 0 Å². The minimum absolute atomic E-state index is 0.927. The Hall–Kier alpha value is -1.02. The number of furan rings is 1. The van der Waals surface area contributed by atoms with E-state index >= 15 is 0 Å². The Balaban J connectivity index is 2.72. The van der Waals surface area contributed by atoms with Crippen LogP contribution in [0.5, 0.6) is 0 Å². The van der Waals surface area contributed by atoms with Crippen LogP contribution in [0, 0.1) is 6.92 Å². The van der Waals surface area contributed by atoms with Crippen LogP contribution in [0.15, 0.2) is 22.1 Å². The summed E-state index contributed by atoms with van der Waals surface area (Å²) in [6, 6.07) is 3.99. The van der Waals surface area contributed by atoms with Gasteiger partial charge in [-0.3, -0.25) is 0 Å². The van der Waals surface area contributed by atoms with Crippen LogP contribution in [0.3, 0.4) is 0 Å². The van der Waals surface area contributed by atoms with Gasteiger partial charge in [0.25, 0.3) is 0 Å². The lowest BCUT2D eigenvalue weighted by Gasteiger charge is -2.01. The van der Waals surface area contributed by atoms with Crippen molar-refractivity contribution in [1.29, 1.82) is 0 Å². The molecule has 0 aromatic carbocycles. The van der Waals surface area contributed by atoms with Gasteiger partial charge >= 0.3 is 0 Å². The van der Waals surface area contributed by atoms with E-state index in [9.17, 15) is 0 Å². The number of likely N-dealkylation sites (N-methyl/N-ethyl adjacent to an activating group) is 1. The van der Waals surface area contributed by atoms with E-state index in [0.717, 1.165) is 24.5 Å². The van der Waals surface area contributed by atoms with E-state index in [-0.39, 0.29) is 0 Å². The third kappa shape index (κ3) is 3.07. The molecular weight excluding hydrogens is 162 g/mol. The summed E-state index contributed by atoms with van der Waals surface area (Å²) in [5.74, 6) is 1.91. The first-order valence-electron chi connectivity index (χ1n) is 4.66. The topological polar surface area (TPSA) is 25.2 Å². The Morgan fingerprint density at radius 2 is 2.31 bits per heavy atom. The maximum Gasteiger partial charge on any atom is 0.127 e. The highest BCUT2D eigenvalue weighted by Gasteiger charge is 1.97. The molecule has 0 aliphatic heterocycles. The third-order valence-electron chi connectivity index (χ3n) is 1.97. The summed E-state index contributed by atoms with van der Waals surface area (Å²) in [5, 5.41) is 3.14. The predicted octanol–water partition coefficient (Wildman–Crippen LogP) is 2.60. The van der Waals surface area contributed by atoms with E-state index in [1.165, 1.54) is 5.57 Å². The van der Waals surface area contributed by atoms with Crippen LogP contribution in [0.1, 0.15) is 24.9 Å². The van der Waals surface area contributed by atoms with E-state index in [4.69, 9.17) is 4.42 Å². The molecule has 1 N–H and O–H groups in total. The summed E-state index contributed by atoms with van der Waals surface area (Å²) in [6.45, 7) is 5.04. The van der Waals surface area contributed by atoms with Gasteiger partial charge in [-0.2, -0.15) is 0 Å². The van der Waals surface area contributed by atoms with Crippen molar-refractivity contribution in [3.63, 3.8) is 0 Å². The fourth-order valence-corrected chi connectivity index (χ4v) is 1.24. The lowest BCUT2D eigenvalue weighted by Crippen LogP contribution is -2.09. The lowest BCUT2D eigenvalue weighted by atomic mass is 10.2. The Morgan fingerprint density at radius 1 is 1.54 bits per heavy atom. The second-order valence-corrected chi connectivity index (χ2v) is 3.13. The molecule has 1 aromatic heterocycles. The van der Waals surface area contributed by atoms with Gasteiger partial charge in [0.15, 0.2) is 0 Å². The quantitative estimate of drug-likeness (QED) is 0.768. The first kappa shape index (κ1) is 10.1. The van der Waals surface area contributed by atoms with Crippen LogP contribution in [0.25, 0.3) is 6.08 Å². The molecule has 1 rings (SSSR count). The van der Waals surface area contributed by atoms with E-state index in [1.54, 1.807) is 0 Å². The molecule has 13 heavy (non-hydrogen) atoms. The number of nitrogens with one attached hydrogen (secondary N) is 1. The molecule has 2 nitrogen and oxygen atoms in total. The molecule has 0 atom stereocenters. The van der Waals surface area contributed by atoms with Crippen molar-refractivity contribution < 1.29 is 4.42 Å². The van der Waals surface area contributed by atoms with E-state index < -0.39 is 0 Å². The van der Waals surface area contributed by atoms with Crippen molar-refractivity contribution in [1.82, 2.24) is 5.32 Å². The minimum atomic E-state index is 0.927. The number of hydrogen-bond acceptors (Lipinski definition) is 2. The van der Waals surface area contributed by atoms with Crippen LogP contribution in [-0.2, 0) is 0 Å². The zero-order valence-corrected chi connectivity index (χ0v) is 8.55. The van der Waals surface area contributed by atoms with Gasteiger partial charge in [-0.05, 0) is 38.6 Å². The van der Waals surface area contributed by atoms with Crippen LogP contribution in [0.2, 0.25) is 0 Å². The fourth-order valence-electron chi connectivity index (χ4n) is 1.24. The minimum Gasteiger partial charge on any atom is -0.462 e. The summed E-state index contributed by atoms with van der Waals surface area (Å²) >= 11 is 0. The van der Waals surface area contributed by atoms with Crippen molar-refractivity contribution in [2.75, 3.05) is 13.6 Å². The van der Waals surface area contributed by atoms with Crippen LogP contribution in [0.4, 0.5) is 0 Å². The number of hydrogen-bond donors (Lipinski definition) is 1. The molecule has 0 fully saturated rings. The maximum atomic E-state index is 5.46. The third-order valence-corrected chi connectivity index (χ3v) is 1.97. The van der Waals surface area contributed by atoms with E-state index in [2.05, 4.69) is 18.3 Å². The van der Waals surface area contributed by atoms with Crippen molar-refractivity contribution in [2.45, 2.75) is 20.3 Å². The van der Waals surface area contributed by atoms with Gasteiger partial charge in [0.05, 0.1) is 0 Å². The van der Waals surface area contributed by atoms with E-state index in [0.29, 0.717) is 0 Å². The van der Waals surface area contributed by atoms with Gasteiger partial charge in [0.1, 0.15) is 11.5 Å². The fraction of sp³-hybridized carbons (Fsp3) is 0.455. The first-order chi connectivity index (χ1) is 6.26. The maximum absolute atomic E-state index is 5.46. The predicted molar refractivity (Wildman–Crippen MR) is 55.6 cm³/mol. The van der Waals surface area contributed by atoms with Gasteiger partial charge in [0.2, 0.25) is 0 Å². The van der Waals surface area contributed by atoms with Crippen LogP contribution >= 0.6 is 0 Å². The highest BCUT2D eigenvalue weighted by Crippen LogP contribution is 2.12. The average Bonchev–Trinajstić information content (AvgIpc) is 2.50.